The van der Waals surface area contributed by atoms with E-state index in [4.69, 9.17) is 11.6 Å². The van der Waals surface area contributed by atoms with Gasteiger partial charge < -0.3 is 5.32 Å². The molecule has 1 heterocycles. The molecule has 1 aliphatic carbocycles. The van der Waals surface area contributed by atoms with Crippen LogP contribution in [-0.2, 0) is 11.3 Å². The lowest BCUT2D eigenvalue weighted by Crippen LogP contribution is -2.25. The first kappa shape index (κ1) is 13.1. The summed E-state index contributed by atoms with van der Waals surface area (Å²) < 4.78 is 0. The highest BCUT2D eigenvalue weighted by atomic mass is 35.5. The summed E-state index contributed by atoms with van der Waals surface area (Å²) in [6, 6.07) is 7.69. The Bertz CT molecular complexity index is 622. The smallest absolute Gasteiger partial charge is 0.224 e. The highest BCUT2D eigenvalue weighted by Gasteiger charge is 2.43. The van der Waals surface area contributed by atoms with E-state index in [0.29, 0.717) is 18.3 Å². The summed E-state index contributed by atoms with van der Waals surface area (Å²) in [5.74, 6) is 1.78. The lowest BCUT2D eigenvalue weighted by Gasteiger charge is -2.02. The molecule has 3 rings (SSSR count). The second kappa shape index (κ2) is 5.25. The molecule has 0 radical (unpaired) electrons. The number of halogens is 1. The highest BCUT2D eigenvalue weighted by molar-refractivity contribution is 6.30. The van der Waals surface area contributed by atoms with Crippen molar-refractivity contribution in [3.05, 3.63) is 46.5 Å². The van der Waals surface area contributed by atoms with Crippen LogP contribution in [0.5, 0.6) is 0 Å². The third-order valence-electron chi connectivity index (χ3n) is 3.49. The molecule has 104 valence electrons. The van der Waals surface area contributed by atoms with Crippen LogP contribution in [0.4, 0.5) is 0 Å². The van der Waals surface area contributed by atoms with Crippen LogP contribution in [0, 0.1) is 12.8 Å². The van der Waals surface area contributed by atoms with Gasteiger partial charge >= 0.3 is 0 Å². The Balaban J connectivity index is 1.53. The molecule has 0 unspecified atom stereocenters. The van der Waals surface area contributed by atoms with E-state index in [2.05, 4.69) is 20.5 Å². The molecule has 0 saturated heterocycles. The zero-order chi connectivity index (χ0) is 14.1. The minimum atomic E-state index is 0.0521. The van der Waals surface area contributed by atoms with Crippen molar-refractivity contribution in [3.8, 4) is 0 Å². The van der Waals surface area contributed by atoms with Gasteiger partial charge in [0.25, 0.3) is 0 Å². The van der Waals surface area contributed by atoms with Crippen molar-refractivity contribution >= 4 is 17.5 Å². The van der Waals surface area contributed by atoms with Gasteiger partial charge in [0.1, 0.15) is 5.82 Å². The molecule has 2 N–H and O–H groups in total. The second-order valence-corrected chi connectivity index (χ2v) is 5.49. The van der Waals surface area contributed by atoms with Crippen molar-refractivity contribution in [2.75, 3.05) is 0 Å². The lowest BCUT2D eigenvalue weighted by atomic mass is 10.1. The predicted molar refractivity (Wildman–Crippen MR) is 75.3 cm³/mol. The molecule has 0 spiro atoms. The van der Waals surface area contributed by atoms with Gasteiger partial charge in [0.05, 0.1) is 6.54 Å². The number of aromatic nitrogens is 3. The summed E-state index contributed by atoms with van der Waals surface area (Å²) in [4.78, 5) is 16.2. The van der Waals surface area contributed by atoms with Gasteiger partial charge in [0, 0.05) is 10.9 Å². The molecule has 1 saturated carbocycles. The monoisotopic (exact) mass is 290 g/mol. The van der Waals surface area contributed by atoms with Crippen molar-refractivity contribution in [2.45, 2.75) is 25.8 Å². The summed E-state index contributed by atoms with van der Waals surface area (Å²) in [7, 11) is 0. The summed E-state index contributed by atoms with van der Waals surface area (Å²) in [6.45, 7) is 2.20. The average Bonchev–Trinajstić information content (AvgIpc) is 3.13. The molecule has 0 aliphatic heterocycles. The quantitative estimate of drug-likeness (QED) is 0.907. The van der Waals surface area contributed by atoms with E-state index in [9.17, 15) is 4.79 Å². The lowest BCUT2D eigenvalue weighted by molar-refractivity contribution is -0.122. The minimum absolute atomic E-state index is 0.0521. The average molecular weight is 291 g/mol. The van der Waals surface area contributed by atoms with Gasteiger partial charge in [0.15, 0.2) is 5.82 Å². The fourth-order valence-electron chi connectivity index (χ4n) is 2.33. The Labute approximate surface area is 121 Å². The van der Waals surface area contributed by atoms with E-state index in [1.807, 2.05) is 31.2 Å². The first-order chi connectivity index (χ1) is 9.63. The molecule has 1 fully saturated rings. The molecule has 1 aromatic heterocycles. The number of hydrogen-bond acceptors (Lipinski definition) is 3. The number of aryl methyl sites for hydroxylation is 1. The molecular weight excluding hydrogens is 276 g/mol. The number of hydrogen-bond donors (Lipinski definition) is 2. The van der Waals surface area contributed by atoms with Crippen LogP contribution in [0.1, 0.15) is 29.6 Å². The molecular formula is C14H15ClN4O. The van der Waals surface area contributed by atoms with Gasteiger partial charge in [-0.1, -0.05) is 23.7 Å². The van der Waals surface area contributed by atoms with Crippen LogP contribution in [-0.4, -0.2) is 21.1 Å². The maximum Gasteiger partial charge on any atom is 0.224 e. The zero-order valence-electron chi connectivity index (χ0n) is 11.1. The summed E-state index contributed by atoms with van der Waals surface area (Å²) in [5.41, 5.74) is 1.17. The number of rotatable bonds is 4. The third kappa shape index (κ3) is 2.82. The standard InChI is InChI=1S/C14H15ClN4O/c1-8-17-13(19-18-8)7-16-14(20)12-6-11(12)9-2-4-10(15)5-3-9/h2-5,11-12H,6-7H2,1H3,(H,16,20)(H,17,18,19)/t11-,12-/m0/s1. The van der Waals surface area contributed by atoms with Crippen LogP contribution in [0.3, 0.4) is 0 Å². The molecule has 1 aromatic carbocycles. The number of nitrogens with zero attached hydrogens (tertiary/aromatic N) is 2. The SMILES string of the molecule is Cc1nc(CNC(=O)[C@H]2C[C@H]2c2ccc(Cl)cc2)n[nH]1. The fraction of sp³-hybridized carbons (Fsp3) is 0.357. The fourth-order valence-corrected chi connectivity index (χ4v) is 2.45. The van der Waals surface area contributed by atoms with Gasteiger partial charge in [-0.2, -0.15) is 5.10 Å². The van der Waals surface area contributed by atoms with E-state index in [-0.39, 0.29) is 11.8 Å². The van der Waals surface area contributed by atoms with Gasteiger partial charge in [-0.15, -0.1) is 0 Å². The van der Waals surface area contributed by atoms with Crippen molar-refractivity contribution in [1.82, 2.24) is 20.5 Å². The van der Waals surface area contributed by atoms with Gasteiger partial charge in [-0.3, -0.25) is 9.89 Å². The predicted octanol–water partition coefficient (Wildman–Crippen LogP) is 2.19. The van der Waals surface area contributed by atoms with Crippen molar-refractivity contribution in [3.63, 3.8) is 0 Å². The largest absolute Gasteiger partial charge is 0.348 e. The van der Waals surface area contributed by atoms with E-state index in [1.54, 1.807) is 0 Å². The molecule has 5 nitrogen and oxygen atoms in total. The number of aromatic amines is 1. The number of amides is 1. The molecule has 2 atom stereocenters. The van der Waals surface area contributed by atoms with Gasteiger partial charge in [0.2, 0.25) is 5.91 Å². The number of carbonyl (C=O) groups excluding carboxylic acids is 1. The maximum atomic E-state index is 12.0. The Kier molecular flexibility index (Phi) is 3.44. The molecule has 1 amide bonds. The number of carbonyl (C=O) groups is 1. The Hall–Kier alpha value is -1.88. The van der Waals surface area contributed by atoms with E-state index < -0.39 is 0 Å². The second-order valence-electron chi connectivity index (χ2n) is 5.06. The number of nitrogens with one attached hydrogen (secondary N) is 2. The van der Waals surface area contributed by atoms with Crippen molar-refractivity contribution in [1.29, 1.82) is 0 Å². The Morgan fingerprint density at radius 1 is 1.45 bits per heavy atom. The van der Waals surface area contributed by atoms with E-state index in [0.717, 1.165) is 17.3 Å². The summed E-state index contributed by atoms with van der Waals surface area (Å²) in [5, 5.41) is 10.3. The number of benzene rings is 1. The zero-order valence-corrected chi connectivity index (χ0v) is 11.8. The molecule has 0 bridgehead atoms. The summed E-state index contributed by atoms with van der Waals surface area (Å²) >= 11 is 5.86. The van der Waals surface area contributed by atoms with Gasteiger partial charge in [-0.25, -0.2) is 4.98 Å². The highest BCUT2D eigenvalue weighted by Crippen LogP contribution is 2.47. The molecule has 1 aliphatic rings. The number of H-pyrrole nitrogens is 1. The van der Waals surface area contributed by atoms with Crippen LogP contribution < -0.4 is 5.32 Å². The molecule has 20 heavy (non-hydrogen) atoms. The topological polar surface area (TPSA) is 70.7 Å². The summed E-state index contributed by atoms with van der Waals surface area (Å²) in [6.07, 6.45) is 0.889. The normalized spacial score (nSPS) is 20.7. The first-order valence-corrected chi connectivity index (χ1v) is 6.92. The van der Waals surface area contributed by atoms with E-state index >= 15 is 0 Å². The van der Waals surface area contributed by atoms with E-state index in [1.165, 1.54) is 5.56 Å². The molecule has 2 aromatic rings. The van der Waals surface area contributed by atoms with Crippen LogP contribution in [0.15, 0.2) is 24.3 Å². The minimum Gasteiger partial charge on any atom is -0.348 e. The third-order valence-corrected chi connectivity index (χ3v) is 3.74. The van der Waals surface area contributed by atoms with Crippen LogP contribution in [0.2, 0.25) is 5.02 Å². The first-order valence-electron chi connectivity index (χ1n) is 6.54. The maximum absolute atomic E-state index is 12.0. The van der Waals surface area contributed by atoms with Gasteiger partial charge in [-0.05, 0) is 37.0 Å². The van der Waals surface area contributed by atoms with Crippen molar-refractivity contribution in [2.24, 2.45) is 5.92 Å². The Morgan fingerprint density at radius 3 is 2.85 bits per heavy atom. The van der Waals surface area contributed by atoms with Crippen LogP contribution >= 0.6 is 11.6 Å². The van der Waals surface area contributed by atoms with Crippen LogP contribution in [0.25, 0.3) is 0 Å². The van der Waals surface area contributed by atoms with Crippen molar-refractivity contribution < 1.29 is 4.79 Å². The Morgan fingerprint density at radius 2 is 2.20 bits per heavy atom. The molecule has 6 heteroatoms.